The van der Waals surface area contributed by atoms with Gasteiger partial charge in [0.05, 0.1) is 0 Å². The van der Waals surface area contributed by atoms with Crippen LogP contribution < -0.4 is 5.32 Å². The van der Waals surface area contributed by atoms with Gasteiger partial charge in [-0.1, -0.05) is 19.8 Å². The molecule has 4 heteroatoms. The SMILES string of the molecule is CCNC(CN1CCC[C@H]2CCCC[C@H]21)C(=O)O. The van der Waals surface area contributed by atoms with Crippen LogP contribution in [0.3, 0.4) is 0 Å². The Morgan fingerprint density at radius 3 is 2.78 bits per heavy atom. The average molecular weight is 254 g/mol. The normalized spacial score (nSPS) is 30.7. The number of nitrogens with zero attached hydrogens (tertiary/aromatic N) is 1. The lowest BCUT2D eigenvalue weighted by molar-refractivity contribution is -0.140. The summed E-state index contributed by atoms with van der Waals surface area (Å²) in [6.07, 6.45) is 7.88. The van der Waals surface area contributed by atoms with Crippen molar-refractivity contribution in [2.45, 2.75) is 57.5 Å². The van der Waals surface area contributed by atoms with E-state index in [1.165, 1.54) is 38.5 Å². The molecule has 0 spiro atoms. The molecule has 0 aromatic rings. The number of rotatable bonds is 5. The molecule has 0 aromatic carbocycles. The Morgan fingerprint density at radius 2 is 2.06 bits per heavy atom. The number of carbonyl (C=O) groups is 1. The number of likely N-dealkylation sites (N-methyl/N-ethyl adjacent to an activating group) is 1. The van der Waals surface area contributed by atoms with Crippen LogP contribution in [0.5, 0.6) is 0 Å². The molecule has 1 aliphatic carbocycles. The van der Waals surface area contributed by atoms with Gasteiger partial charge in [-0.3, -0.25) is 9.69 Å². The molecule has 1 saturated carbocycles. The second-order valence-corrected chi connectivity index (χ2v) is 5.70. The van der Waals surface area contributed by atoms with E-state index in [-0.39, 0.29) is 0 Å². The summed E-state index contributed by atoms with van der Waals surface area (Å²) in [6.45, 7) is 4.44. The lowest BCUT2D eigenvalue weighted by Gasteiger charge is -2.45. The number of hydrogen-bond acceptors (Lipinski definition) is 3. The molecule has 0 aromatic heterocycles. The van der Waals surface area contributed by atoms with Gasteiger partial charge in [-0.05, 0) is 44.7 Å². The minimum Gasteiger partial charge on any atom is -0.480 e. The second-order valence-electron chi connectivity index (χ2n) is 5.70. The van der Waals surface area contributed by atoms with E-state index in [1.807, 2.05) is 6.92 Å². The summed E-state index contributed by atoms with van der Waals surface area (Å²) >= 11 is 0. The van der Waals surface area contributed by atoms with Crippen LogP contribution in [0.4, 0.5) is 0 Å². The molecule has 4 nitrogen and oxygen atoms in total. The number of hydrogen-bond donors (Lipinski definition) is 2. The molecule has 1 unspecified atom stereocenters. The summed E-state index contributed by atoms with van der Waals surface area (Å²) in [5.41, 5.74) is 0. The Morgan fingerprint density at radius 1 is 1.33 bits per heavy atom. The van der Waals surface area contributed by atoms with Gasteiger partial charge in [0, 0.05) is 12.6 Å². The van der Waals surface area contributed by atoms with Gasteiger partial charge in [-0.15, -0.1) is 0 Å². The highest BCUT2D eigenvalue weighted by atomic mass is 16.4. The fourth-order valence-electron chi connectivity index (χ4n) is 3.67. The zero-order valence-corrected chi connectivity index (χ0v) is 11.4. The topological polar surface area (TPSA) is 52.6 Å². The molecule has 0 amide bonds. The van der Waals surface area contributed by atoms with Crippen molar-refractivity contribution in [3.63, 3.8) is 0 Å². The summed E-state index contributed by atoms with van der Waals surface area (Å²) in [5.74, 6) is 0.110. The highest BCUT2D eigenvalue weighted by Crippen LogP contribution is 2.35. The molecule has 1 saturated heterocycles. The minimum absolute atomic E-state index is 0.407. The van der Waals surface area contributed by atoms with Crippen LogP contribution in [-0.4, -0.2) is 47.7 Å². The summed E-state index contributed by atoms with van der Waals surface area (Å²) in [6, 6.07) is 0.240. The minimum atomic E-state index is -0.713. The first-order chi connectivity index (χ1) is 8.72. The summed E-state index contributed by atoms with van der Waals surface area (Å²) in [7, 11) is 0. The smallest absolute Gasteiger partial charge is 0.322 e. The molecule has 2 aliphatic rings. The quantitative estimate of drug-likeness (QED) is 0.784. The van der Waals surface area contributed by atoms with Crippen molar-refractivity contribution in [2.24, 2.45) is 5.92 Å². The average Bonchev–Trinajstić information content (AvgIpc) is 2.38. The lowest BCUT2D eigenvalue weighted by Crippen LogP contribution is -2.53. The van der Waals surface area contributed by atoms with Crippen molar-refractivity contribution in [1.82, 2.24) is 10.2 Å². The van der Waals surface area contributed by atoms with E-state index in [0.29, 0.717) is 12.6 Å². The number of nitrogens with one attached hydrogen (secondary N) is 1. The number of aliphatic carboxylic acids is 1. The number of carboxylic acids is 1. The van der Waals surface area contributed by atoms with E-state index in [2.05, 4.69) is 10.2 Å². The van der Waals surface area contributed by atoms with Crippen LogP contribution >= 0.6 is 0 Å². The molecule has 0 bridgehead atoms. The first kappa shape index (κ1) is 13.8. The Bertz CT molecular complexity index is 281. The molecule has 2 fully saturated rings. The zero-order chi connectivity index (χ0) is 13.0. The van der Waals surface area contributed by atoms with E-state index in [1.54, 1.807) is 0 Å². The number of fused-ring (bicyclic) bond motifs is 1. The highest BCUT2D eigenvalue weighted by Gasteiger charge is 2.34. The van der Waals surface area contributed by atoms with Crippen molar-refractivity contribution in [3.8, 4) is 0 Å². The molecule has 1 aliphatic heterocycles. The standard InChI is InChI=1S/C14H26N2O2/c1-2-15-12(14(17)18)10-16-9-5-7-11-6-3-4-8-13(11)16/h11-13,15H,2-10H2,1H3,(H,17,18)/t11-,12?,13-/m1/s1. The lowest BCUT2D eigenvalue weighted by atomic mass is 9.78. The zero-order valence-electron chi connectivity index (χ0n) is 11.4. The predicted octanol–water partition coefficient (Wildman–Crippen LogP) is 1.70. The van der Waals surface area contributed by atoms with E-state index in [4.69, 9.17) is 0 Å². The molecule has 18 heavy (non-hydrogen) atoms. The van der Waals surface area contributed by atoms with Gasteiger partial charge in [-0.25, -0.2) is 0 Å². The monoisotopic (exact) mass is 254 g/mol. The Labute approximate surface area is 110 Å². The summed E-state index contributed by atoms with van der Waals surface area (Å²) < 4.78 is 0. The van der Waals surface area contributed by atoms with Crippen molar-refractivity contribution in [1.29, 1.82) is 0 Å². The molecule has 2 N–H and O–H groups in total. The van der Waals surface area contributed by atoms with Gasteiger partial charge < -0.3 is 10.4 Å². The largest absolute Gasteiger partial charge is 0.480 e. The Hall–Kier alpha value is -0.610. The molecular weight excluding hydrogens is 228 g/mol. The van der Waals surface area contributed by atoms with Gasteiger partial charge in [0.2, 0.25) is 0 Å². The maximum atomic E-state index is 11.2. The van der Waals surface area contributed by atoms with Crippen molar-refractivity contribution in [3.05, 3.63) is 0 Å². The van der Waals surface area contributed by atoms with Crippen molar-refractivity contribution in [2.75, 3.05) is 19.6 Å². The van der Waals surface area contributed by atoms with Crippen LogP contribution in [0.25, 0.3) is 0 Å². The molecule has 3 atom stereocenters. The fraction of sp³-hybridized carbons (Fsp3) is 0.929. The molecule has 0 radical (unpaired) electrons. The van der Waals surface area contributed by atoms with Crippen molar-refractivity contribution >= 4 is 5.97 Å². The molecule has 1 heterocycles. The maximum Gasteiger partial charge on any atom is 0.322 e. The third-order valence-electron chi connectivity index (χ3n) is 4.52. The van der Waals surface area contributed by atoms with Gasteiger partial charge in [0.1, 0.15) is 6.04 Å². The van der Waals surface area contributed by atoms with E-state index in [9.17, 15) is 9.90 Å². The van der Waals surface area contributed by atoms with E-state index in [0.717, 1.165) is 19.0 Å². The number of likely N-dealkylation sites (tertiary alicyclic amines) is 1. The highest BCUT2D eigenvalue weighted by molar-refractivity contribution is 5.73. The van der Waals surface area contributed by atoms with Crippen molar-refractivity contribution < 1.29 is 9.90 Å². The van der Waals surface area contributed by atoms with Gasteiger partial charge in [0.25, 0.3) is 0 Å². The van der Waals surface area contributed by atoms with Crippen LogP contribution in [-0.2, 0) is 4.79 Å². The maximum absolute atomic E-state index is 11.2. The van der Waals surface area contributed by atoms with Gasteiger partial charge in [-0.2, -0.15) is 0 Å². The van der Waals surface area contributed by atoms with E-state index < -0.39 is 12.0 Å². The van der Waals surface area contributed by atoms with Crippen LogP contribution in [0, 0.1) is 5.92 Å². The summed E-state index contributed by atoms with van der Waals surface area (Å²) in [5, 5.41) is 12.3. The predicted molar refractivity (Wildman–Crippen MR) is 71.7 cm³/mol. The third kappa shape index (κ3) is 3.23. The molecular formula is C14H26N2O2. The van der Waals surface area contributed by atoms with Crippen LogP contribution in [0.2, 0.25) is 0 Å². The third-order valence-corrected chi connectivity index (χ3v) is 4.52. The Balaban J connectivity index is 1.95. The first-order valence-corrected chi connectivity index (χ1v) is 7.42. The second kappa shape index (κ2) is 6.53. The van der Waals surface area contributed by atoms with Crippen LogP contribution in [0.1, 0.15) is 45.4 Å². The first-order valence-electron chi connectivity index (χ1n) is 7.42. The Kier molecular flexibility index (Phi) is 5.01. The van der Waals surface area contributed by atoms with Crippen LogP contribution in [0.15, 0.2) is 0 Å². The molecule has 104 valence electrons. The fourth-order valence-corrected chi connectivity index (χ4v) is 3.67. The summed E-state index contributed by atoms with van der Waals surface area (Å²) in [4.78, 5) is 13.7. The number of piperidine rings is 1. The van der Waals surface area contributed by atoms with Gasteiger partial charge >= 0.3 is 5.97 Å². The number of carboxylic acid groups (broad SMARTS) is 1. The van der Waals surface area contributed by atoms with Gasteiger partial charge in [0.15, 0.2) is 0 Å². The molecule has 2 rings (SSSR count). The van der Waals surface area contributed by atoms with E-state index >= 15 is 0 Å².